The Morgan fingerprint density at radius 3 is 2.49 bits per heavy atom. The number of ketones is 1. The van der Waals surface area contributed by atoms with Crippen LogP contribution in [0, 0.1) is 23.2 Å². The van der Waals surface area contributed by atoms with Gasteiger partial charge in [0.1, 0.15) is 12.4 Å². The Bertz CT molecular complexity index is 1310. The van der Waals surface area contributed by atoms with E-state index in [-0.39, 0.29) is 42.1 Å². The van der Waals surface area contributed by atoms with E-state index in [4.69, 9.17) is 19.9 Å². The summed E-state index contributed by atoms with van der Waals surface area (Å²) < 4.78 is 16.6. The van der Waals surface area contributed by atoms with E-state index in [0.717, 1.165) is 26.4 Å². The summed E-state index contributed by atoms with van der Waals surface area (Å²) in [6, 6.07) is 8.13. The molecule has 0 radical (unpaired) electrons. The normalized spacial score (nSPS) is 25.7. The number of hydrogen-bond donors (Lipinski definition) is 1. The summed E-state index contributed by atoms with van der Waals surface area (Å²) >= 11 is 0. The van der Waals surface area contributed by atoms with Gasteiger partial charge in [0.25, 0.3) is 5.72 Å². The number of rotatable bonds is 12. The van der Waals surface area contributed by atoms with Crippen LogP contribution in [-0.4, -0.2) is 43.2 Å². The number of allylic oxidation sites excluding steroid dienone is 3. The highest BCUT2D eigenvalue weighted by Gasteiger charge is 2.55. The lowest BCUT2D eigenvalue weighted by Crippen LogP contribution is -2.54. The number of nitrogens with two attached hydrogens (primary N) is 1. The second kappa shape index (κ2) is 14.1. The van der Waals surface area contributed by atoms with Gasteiger partial charge in [0, 0.05) is 16.6 Å². The van der Waals surface area contributed by atoms with Gasteiger partial charge in [-0.05, 0) is 55.7 Å². The maximum atomic E-state index is 13.9. The fraction of sp³-hybridized carbons (Fsp3) is 0.500. The standard InChI is InChI=1S/C34H43NO8/c1-7-8-12-21(2)17-22(3)30(38)42-29-16-15-26(33(5)19-25(23(4)20-36)28(37)18-27(29)33)31(39)43-34(35,32(40)41-6)24-13-10-9-11-14-24/h9-11,13-14,17-18,20-21,25-26,29H,4,7-8,12,15-16,19,35H2,1-3,5-6H3/b22-17+/t21?,25-,26+,29+,33+,34+/m1/s1. The van der Waals surface area contributed by atoms with E-state index >= 15 is 0 Å². The van der Waals surface area contributed by atoms with Gasteiger partial charge in [0.15, 0.2) is 5.78 Å². The lowest BCUT2D eigenvalue weighted by Gasteiger charge is -2.49. The molecular weight excluding hydrogens is 550 g/mol. The van der Waals surface area contributed by atoms with Gasteiger partial charge in [0.2, 0.25) is 0 Å². The number of methoxy groups -OCH3 is 1. The highest BCUT2D eigenvalue weighted by Crippen LogP contribution is 2.54. The molecule has 2 aliphatic carbocycles. The van der Waals surface area contributed by atoms with Crippen molar-refractivity contribution < 1.29 is 38.2 Å². The Balaban J connectivity index is 1.97. The zero-order valence-corrected chi connectivity index (χ0v) is 25.7. The first-order chi connectivity index (χ1) is 20.3. The summed E-state index contributed by atoms with van der Waals surface area (Å²) in [6.45, 7) is 11.4. The molecule has 0 aliphatic heterocycles. The van der Waals surface area contributed by atoms with Gasteiger partial charge in [-0.1, -0.05) is 76.6 Å². The van der Waals surface area contributed by atoms with Crippen LogP contribution in [0.3, 0.4) is 0 Å². The highest BCUT2D eigenvalue weighted by atomic mass is 16.6. The van der Waals surface area contributed by atoms with E-state index in [0.29, 0.717) is 17.4 Å². The molecule has 0 saturated heterocycles. The first-order valence-electron chi connectivity index (χ1n) is 14.8. The summed E-state index contributed by atoms with van der Waals surface area (Å²) in [5.41, 5.74) is 4.32. The van der Waals surface area contributed by atoms with Crippen molar-refractivity contribution in [3.05, 3.63) is 71.3 Å². The first-order valence-corrected chi connectivity index (χ1v) is 14.8. The molecule has 0 heterocycles. The topological polar surface area (TPSA) is 139 Å². The average molecular weight is 594 g/mol. The molecule has 1 saturated carbocycles. The minimum absolute atomic E-state index is 0.0626. The molecule has 1 fully saturated rings. The molecule has 9 heteroatoms. The van der Waals surface area contributed by atoms with Gasteiger partial charge in [0.05, 0.1) is 18.9 Å². The zero-order chi connectivity index (χ0) is 31.9. The molecule has 2 aliphatic rings. The third-order valence-corrected chi connectivity index (χ3v) is 8.72. The Labute approximate surface area is 253 Å². The summed E-state index contributed by atoms with van der Waals surface area (Å²) in [7, 11) is 1.14. The second-order valence-corrected chi connectivity index (χ2v) is 11.9. The van der Waals surface area contributed by atoms with Crippen LogP contribution in [0.4, 0.5) is 0 Å². The predicted octanol–water partition coefficient (Wildman–Crippen LogP) is 4.89. The molecule has 0 bridgehead atoms. The van der Waals surface area contributed by atoms with Gasteiger partial charge in [-0.15, -0.1) is 0 Å². The predicted molar refractivity (Wildman–Crippen MR) is 160 cm³/mol. The molecule has 1 unspecified atom stereocenters. The first kappa shape index (κ1) is 33.6. The van der Waals surface area contributed by atoms with E-state index < -0.39 is 47.0 Å². The SMILES string of the molecule is C=C(C=O)[C@H]1C[C@]2(C)C(=CC1=O)[C@@H](OC(=O)/C(C)=C/C(C)CCCC)CC[C@H]2C(=O)O[C@](N)(C(=O)OC)c1ccccc1. The van der Waals surface area contributed by atoms with Crippen molar-refractivity contribution in [3.8, 4) is 0 Å². The second-order valence-electron chi connectivity index (χ2n) is 11.9. The van der Waals surface area contributed by atoms with Crippen LogP contribution in [0.25, 0.3) is 0 Å². The van der Waals surface area contributed by atoms with Crippen molar-refractivity contribution in [1.82, 2.24) is 0 Å². The number of unbranched alkanes of at least 4 members (excludes halogenated alkanes) is 1. The minimum Gasteiger partial charge on any atom is -0.465 e. The maximum Gasteiger partial charge on any atom is 0.371 e. The van der Waals surface area contributed by atoms with Crippen molar-refractivity contribution in [2.45, 2.75) is 78.0 Å². The van der Waals surface area contributed by atoms with Crippen molar-refractivity contribution in [3.63, 3.8) is 0 Å². The monoisotopic (exact) mass is 593 g/mol. The van der Waals surface area contributed by atoms with Crippen molar-refractivity contribution in [2.24, 2.45) is 28.9 Å². The molecule has 232 valence electrons. The van der Waals surface area contributed by atoms with Crippen LogP contribution in [0.15, 0.2) is 65.8 Å². The molecule has 0 aromatic heterocycles. The molecule has 1 aromatic rings. The average Bonchev–Trinajstić information content (AvgIpc) is 2.99. The van der Waals surface area contributed by atoms with E-state index in [1.54, 1.807) is 44.2 Å². The van der Waals surface area contributed by atoms with Gasteiger partial charge in [-0.2, -0.15) is 0 Å². The molecule has 0 amide bonds. The Hall–Kier alpha value is -3.85. The molecule has 9 nitrogen and oxygen atoms in total. The summed E-state index contributed by atoms with van der Waals surface area (Å²) in [6.07, 6.45) is 6.58. The number of fused-ring (bicyclic) bond motifs is 1. The Morgan fingerprint density at radius 2 is 1.88 bits per heavy atom. The van der Waals surface area contributed by atoms with Crippen LogP contribution >= 0.6 is 0 Å². The van der Waals surface area contributed by atoms with Crippen molar-refractivity contribution >= 4 is 30.0 Å². The number of hydrogen-bond acceptors (Lipinski definition) is 9. The van der Waals surface area contributed by atoms with Crippen molar-refractivity contribution in [1.29, 1.82) is 0 Å². The lowest BCUT2D eigenvalue weighted by molar-refractivity contribution is -0.189. The van der Waals surface area contributed by atoms with E-state index in [1.807, 2.05) is 13.0 Å². The van der Waals surface area contributed by atoms with Crippen LogP contribution in [0.1, 0.15) is 71.8 Å². The minimum atomic E-state index is -2.22. The Morgan fingerprint density at radius 1 is 1.21 bits per heavy atom. The smallest absolute Gasteiger partial charge is 0.371 e. The van der Waals surface area contributed by atoms with E-state index in [9.17, 15) is 24.0 Å². The van der Waals surface area contributed by atoms with Gasteiger partial charge in [-0.25, -0.2) is 9.59 Å². The van der Waals surface area contributed by atoms with E-state index in [2.05, 4.69) is 13.5 Å². The number of benzene rings is 1. The molecule has 3 rings (SSSR count). The molecule has 1 aromatic carbocycles. The number of aldehydes is 1. The lowest BCUT2D eigenvalue weighted by atomic mass is 9.56. The number of carbonyl (C=O) groups excluding carboxylic acids is 5. The largest absolute Gasteiger partial charge is 0.465 e. The van der Waals surface area contributed by atoms with E-state index in [1.165, 1.54) is 6.08 Å². The number of ether oxygens (including phenoxy) is 3. The third-order valence-electron chi connectivity index (χ3n) is 8.72. The van der Waals surface area contributed by atoms with Gasteiger partial charge < -0.3 is 14.2 Å². The summed E-state index contributed by atoms with van der Waals surface area (Å²) in [5.74, 6) is -4.14. The van der Waals surface area contributed by atoms with Crippen LogP contribution < -0.4 is 5.73 Å². The molecule has 6 atom stereocenters. The number of carbonyl (C=O) groups is 5. The molecule has 43 heavy (non-hydrogen) atoms. The van der Waals surface area contributed by atoms with Crippen molar-refractivity contribution in [2.75, 3.05) is 7.11 Å². The van der Waals surface area contributed by atoms with Gasteiger partial charge in [-0.3, -0.25) is 20.1 Å². The number of esters is 3. The fourth-order valence-electron chi connectivity index (χ4n) is 6.17. The van der Waals surface area contributed by atoms with Crippen LogP contribution in [-0.2, 0) is 43.9 Å². The summed E-state index contributed by atoms with van der Waals surface area (Å²) in [5, 5.41) is 0. The third kappa shape index (κ3) is 7.21. The van der Waals surface area contributed by atoms with Crippen LogP contribution in [0.2, 0.25) is 0 Å². The quantitative estimate of drug-likeness (QED) is 0.118. The Kier molecular flexibility index (Phi) is 11.0. The fourth-order valence-corrected chi connectivity index (χ4v) is 6.17. The zero-order valence-electron chi connectivity index (χ0n) is 25.7. The maximum absolute atomic E-state index is 13.9. The molecule has 2 N–H and O–H groups in total. The highest BCUT2D eigenvalue weighted by molar-refractivity contribution is 6.00. The summed E-state index contributed by atoms with van der Waals surface area (Å²) in [4.78, 5) is 64.7. The van der Waals surface area contributed by atoms with Gasteiger partial charge >= 0.3 is 17.9 Å². The van der Waals surface area contributed by atoms with Crippen LogP contribution in [0.5, 0.6) is 0 Å². The molecular formula is C34H43NO8. The molecule has 0 spiro atoms.